The summed E-state index contributed by atoms with van der Waals surface area (Å²) in [6.07, 6.45) is 1.20. The summed E-state index contributed by atoms with van der Waals surface area (Å²) in [5.74, 6) is 0.962. The third kappa shape index (κ3) is 6.46. The first-order chi connectivity index (χ1) is 16.9. The van der Waals surface area contributed by atoms with Crippen molar-refractivity contribution in [2.45, 2.75) is 53.1 Å². The molecule has 1 N–H and O–H groups in total. The minimum atomic E-state index is -3.48. The Morgan fingerprint density at radius 2 is 1.64 bits per heavy atom. The number of hydrogen-bond acceptors (Lipinski definition) is 4. The fourth-order valence-electron chi connectivity index (χ4n) is 4.28. The molecular formula is C29H36N2O4S. The lowest BCUT2D eigenvalue weighted by atomic mass is 9.93. The number of methoxy groups -OCH3 is 1. The van der Waals surface area contributed by atoms with Gasteiger partial charge in [0.2, 0.25) is 10.0 Å². The smallest absolute Gasteiger partial charge is 0.251 e. The van der Waals surface area contributed by atoms with Gasteiger partial charge >= 0.3 is 0 Å². The number of amides is 1. The van der Waals surface area contributed by atoms with Crippen molar-refractivity contribution in [1.29, 1.82) is 0 Å². The molecule has 0 heterocycles. The molecule has 0 fully saturated rings. The molecule has 6 nitrogen and oxygen atoms in total. The lowest BCUT2D eigenvalue weighted by Crippen LogP contribution is -2.29. The summed E-state index contributed by atoms with van der Waals surface area (Å²) in [6.45, 7) is 10.3. The summed E-state index contributed by atoms with van der Waals surface area (Å²) in [5, 5.41) is 3.09. The molecule has 0 saturated carbocycles. The lowest BCUT2D eigenvalue weighted by molar-refractivity contribution is 0.0939. The zero-order valence-electron chi connectivity index (χ0n) is 22.1. The summed E-state index contributed by atoms with van der Waals surface area (Å²) in [6, 6.07) is 18.4. The number of anilines is 1. The van der Waals surface area contributed by atoms with E-state index in [1.165, 1.54) is 10.6 Å². The SMILES string of the molecule is COc1cc(C)c(C(C)NC(=O)c2ccc(CN(c3cccc(C)c3)S(C)(=O)=O)cc2)cc1C(C)C. The highest BCUT2D eigenvalue weighted by Gasteiger charge is 2.20. The Balaban J connectivity index is 1.77. The van der Waals surface area contributed by atoms with Gasteiger partial charge in [0.15, 0.2) is 0 Å². The molecular weight excluding hydrogens is 472 g/mol. The summed E-state index contributed by atoms with van der Waals surface area (Å²) >= 11 is 0. The summed E-state index contributed by atoms with van der Waals surface area (Å²) in [5.41, 5.74) is 6.11. The molecule has 0 aliphatic rings. The molecule has 0 bridgehead atoms. The first-order valence-electron chi connectivity index (χ1n) is 12.0. The molecule has 0 aromatic heterocycles. The van der Waals surface area contributed by atoms with Crippen LogP contribution in [-0.2, 0) is 16.6 Å². The van der Waals surface area contributed by atoms with Gasteiger partial charge in [0.05, 0.1) is 31.6 Å². The van der Waals surface area contributed by atoms with Crippen LogP contribution in [0, 0.1) is 13.8 Å². The quantitative estimate of drug-likeness (QED) is 0.391. The van der Waals surface area contributed by atoms with Gasteiger partial charge in [-0.15, -0.1) is 0 Å². The molecule has 0 radical (unpaired) electrons. The molecule has 1 atom stereocenters. The largest absolute Gasteiger partial charge is 0.496 e. The molecule has 0 spiro atoms. The van der Waals surface area contributed by atoms with E-state index in [9.17, 15) is 13.2 Å². The highest BCUT2D eigenvalue weighted by molar-refractivity contribution is 7.92. The molecule has 3 aromatic carbocycles. The van der Waals surface area contributed by atoms with Crippen LogP contribution in [0.3, 0.4) is 0 Å². The summed E-state index contributed by atoms with van der Waals surface area (Å²) in [4.78, 5) is 13.0. The van der Waals surface area contributed by atoms with Crippen LogP contribution < -0.4 is 14.4 Å². The maximum absolute atomic E-state index is 13.0. The van der Waals surface area contributed by atoms with Gasteiger partial charge in [-0.05, 0) is 90.9 Å². The van der Waals surface area contributed by atoms with Gasteiger partial charge < -0.3 is 10.1 Å². The van der Waals surface area contributed by atoms with Crippen LogP contribution in [0.5, 0.6) is 5.75 Å². The van der Waals surface area contributed by atoms with Crippen LogP contribution >= 0.6 is 0 Å². The third-order valence-electron chi connectivity index (χ3n) is 6.29. The molecule has 1 unspecified atom stereocenters. The van der Waals surface area contributed by atoms with E-state index in [0.29, 0.717) is 17.2 Å². The molecule has 0 aliphatic heterocycles. The Morgan fingerprint density at radius 3 is 2.19 bits per heavy atom. The van der Waals surface area contributed by atoms with Crippen molar-refractivity contribution in [3.8, 4) is 5.75 Å². The van der Waals surface area contributed by atoms with Crippen molar-refractivity contribution in [3.05, 3.63) is 94.0 Å². The van der Waals surface area contributed by atoms with Crippen molar-refractivity contribution in [2.75, 3.05) is 17.7 Å². The number of carbonyl (C=O) groups excluding carboxylic acids is 1. The molecule has 36 heavy (non-hydrogen) atoms. The molecule has 3 aromatic rings. The Labute approximate surface area is 215 Å². The molecule has 192 valence electrons. The van der Waals surface area contributed by atoms with E-state index in [1.54, 1.807) is 37.4 Å². The minimum Gasteiger partial charge on any atom is -0.496 e. The van der Waals surface area contributed by atoms with Gasteiger partial charge in [-0.25, -0.2) is 8.42 Å². The molecule has 1 amide bonds. The van der Waals surface area contributed by atoms with Crippen molar-refractivity contribution < 1.29 is 17.9 Å². The second-order valence-corrected chi connectivity index (χ2v) is 11.5. The normalized spacial score (nSPS) is 12.3. The summed E-state index contributed by atoms with van der Waals surface area (Å²) in [7, 11) is -1.81. The van der Waals surface area contributed by atoms with E-state index in [4.69, 9.17) is 4.74 Å². The van der Waals surface area contributed by atoms with Crippen molar-refractivity contribution in [1.82, 2.24) is 5.32 Å². The van der Waals surface area contributed by atoms with Crippen LogP contribution in [0.1, 0.15) is 70.9 Å². The number of nitrogens with one attached hydrogen (secondary N) is 1. The highest BCUT2D eigenvalue weighted by Crippen LogP contribution is 2.32. The Morgan fingerprint density at radius 1 is 0.972 bits per heavy atom. The highest BCUT2D eigenvalue weighted by atomic mass is 32.2. The van der Waals surface area contributed by atoms with Crippen LogP contribution in [-0.4, -0.2) is 27.7 Å². The molecule has 7 heteroatoms. The predicted octanol–water partition coefficient (Wildman–Crippen LogP) is 5.89. The maximum Gasteiger partial charge on any atom is 0.251 e. The van der Waals surface area contributed by atoms with Crippen molar-refractivity contribution >= 4 is 21.6 Å². The Kier molecular flexibility index (Phi) is 8.46. The fourth-order valence-corrected chi connectivity index (χ4v) is 5.16. The lowest BCUT2D eigenvalue weighted by Gasteiger charge is -2.23. The minimum absolute atomic E-state index is 0.184. The zero-order valence-corrected chi connectivity index (χ0v) is 22.9. The van der Waals surface area contributed by atoms with Crippen LogP contribution in [0.15, 0.2) is 60.7 Å². The van der Waals surface area contributed by atoms with Crippen LogP contribution in [0.4, 0.5) is 5.69 Å². The maximum atomic E-state index is 13.0. The van der Waals surface area contributed by atoms with E-state index in [0.717, 1.165) is 33.6 Å². The monoisotopic (exact) mass is 508 g/mol. The van der Waals surface area contributed by atoms with Crippen LogP contribution in [0.25, 0.3) is 0 Å². The Bertz CT molecular complexity index is 1330. The van der Waals surface area contributed by atoms with Gasteiger partial charge in [0.1, 0.15) is 5.75 Å². The second kappa shape index (κ2) is 11.2. The number of benzene rings is 3. The Hall–Kier alpha value is -3.32. The number of sulfonamides is 1. The average molecular weight is 509 g/mol. The van der Waals surface area contributed by atoms with Crippen molar-refractivity contribution in [3.63, 3.8) is 0 Å². The van der Waals surface area contributed by atoms with E-state index in [2.05, 4.69) is 25.2 Å². The average Bonchev–Trinajstić information content (AvgIpc) is 2.81. The standard InChI is InChI=1S/C29H36N2O4S/c1-19(2)26-17-27(21(4)16-28(26)35-6)22(5)30-29(32)24-13-11-23(12-14-24)18-31(36(7,33)34)25-10-8-9-20(3)15-25/h8-17,19,22H,18H2,1-7H3,(H,30,32). The van der Waals surface area contributed by atoms with Gasteiger partial charge in [-0.3, -0.25) is 9.10 Å². The number of ether oxygens (including phenoxy) is 1. The van der Waals surface area contributed by atoms with E-state index in [1.807, 2.05) is 45.0 Å². The molecule has 0 aliphatic carbocycles. The number of aryl methyl sites for hydroxylation is 2. The number of rotatable bonds is 9. The molecule has 0 saturated heterocycles. The fraction of sp³-hybridized carbons (Fsp3) is 0.345. The number of hydrogen-bond donors (Lipinski definition) is 1. The molecule has 3 rings (SSSR count). The van der Waals surface area contributed by atoms with Gasteiger partial charge in [0.25, 0.3) is 5.91 Å². The van der Waals surface area contributed by atoms with Crippen LogP contribution in [0.2, 0.25) is 0 Å². The summed E-state index contributed by atoms with van der Waals surface area (Å²) < 4.78 is 31.8. The number of nitrogens with zero attached hydrogens (tertiary/aromatic N) is 1. The first kappa shape index (κ1) is 27.3. The van der Waals surface area contributed by atoms with E-state index >= 15 is 0 Å². The topological polar surface area (TPSA) is 75.7 Å². The van der Waals surface area contributed by atoms with Gasteiger partial charge in [-0.1, -0.05) is 38.1 Å². The van der Waals surface area contributed by atoms with Crippen molar-refractivity contribution in [2.24, 2.45) is 0 Å². The zero-order chi connectivity index (χ0) is 26.6. The van der Waals surface area contributed by atoms with E-state index in [-0.39, 0.29) is 18.5 Å². The van der Waals surface area contributed by atoms with Gasteiger partial charge in [0, 0.05) is 5.56 Å². The predicted molar refractivity (Wildman–Crippen MR) is 146 cm³/mol. The second-order valence-electron chi connectivity index (χ2n) is 9.61. The third-order valence-corrected chi connectivity index (χ3v) is 7.43. The number of carbonyl (C=O) groups is 1. The first-order valence-corrected chi connectivity index (χ1v) is 13.9. The van der Waals surface area contributed by atoms with E-state index < -0.39 is 10.0 Å². The van der Waals surface area contributed by atoms with Gasteiger partial charge in [-0.2, -0.15) is 0 Å².